The monoisotopic (exact) mass is 471 g/mol. The summed E-state index contributed by atoms with van der Waals surface area (Å²) in [6.45, 7) is 2.89. The maximum absolute atomic E-state index is 9.88. The number of piperazine rings is 1. The summed E-state index contributed by atoms with van der Waals surface area (Å²) in [5, 5.41) is 17.6. The van der Waals surface area contributed by atoms with Crippen LogP contribution in [-0.2, 0) is 6.54 Å². The van der Waals surface area contributed by atoms with Crippen LogP contribution in [-0.4, -0.2) is 78.9 Å². The number of hydrogen-bond acceptors (Lipinski definition) is 8. The fourth-order valence-corrected chi connectivity index (χ4v) is 4.11. The number of aliphatic hydroxyl groups excluding tert-OH is 1. The van der Waals surface area contributed by atoms with Crippen LogP contribution in [0.15, 0.2) is 34.9 Å². The van der Waals surface area contributed by atoms with E-state index >= 15 is 0 Å². The van der Waals surface area contributed by atoms with Crippen LogP contribution in [0.25, 0.3) is 16.7 Å². The van der Waals surface area contributed by atoms with E-state index in [0.29, 0.717) is 24.1 Å². The number of H-pyrrole nitrogens is 1. The third kappa shape index (κ3) is 3.48. The lowest BCUT2D eigenvalue weighted by Crippen LogP contribution is -2.54. The molecule has 10 nitrogen and oxygen atoms in total. The number of likely N-dealkylation sites (N-methyl/N-ethyl adjacent to an activating group) is 1. The number of nitrogens with one attached hydrogen (secondary N) is 2. The van der Waals surface area contributed by atoms with E-state index in [0.717, 1.165) is 41.0 Å². The van der Waals surface area contributed by atoms with Crippen LogP contribution in [0, 0.1) is 0 Å². The first-order valence-corrected chi connectivity index (χ1v) is 10.6. The molecule has 156 valence electrons. The third-order valence-electron chi connectivity index (χ3n) is 5.32. The average Bonchev–Trinajstić information content (AvgIpc) is 3.35. The van der Waals surface area contributed by atoms with Crippen LogP contribution >= 0.6 is 15.9 Å². The van der Waals surface area contributed by atoms with Gasteiger partial charge in [-0.2, -0.15) is 19.6 Å². The van der Waals surface area contributed by atoms with E-state index in [1.165, 1.54) is 0 Å². The standard InChI is InChI=1S/C19H22BrN9O/c1-27-6-7-28(12(10-27)11-30)19-25-17-13(20)8-22-29(17)18(26-19)21-9-16-23-14-4-2-3-5-15(14)24-16/h2-5,8,12,30H,6-7,9-11H2,1H3,(H,23,24)(H,21,25,26)/t12-/m0/s1. The summed E-state index contributed by atoms with van der Waals surface area (Å²) in [4.78, 5) is 21.6. The Balaban J connectivity index is 1.47. The first-order chi connectivity index (χ1) is 14.6. The summed E-state index contributed by atoms with van der Waals surface area (Å²) in [6, 6.07) is 7.86. The molecule has 30 heavy (non-hydrogen) atoms. The van der Waals surface area contributed by atoms with E-state index in [1.807, 2.05) is 24.3 Å². The summed E-state index contributed by atoms with van der Waals surface area (Å²) in [7, 11) is 2.05. The predicted octanol–water partition coefficient (Wildman–Crippen LogP) is 1.49. The maximum Gasteiger partial charge on any atom is 0.231 e. The van der Waals surface area contributed by atoms with E-state index in [-0.39, 0.29) is 12.6 Å². The Hall–Kier alpha value is -2.76. The fraction of sp³-hybridized carbons (Fsp3) is 0.368. The second-order valence-electron chi connectivity index (χ2n) is 7.42. The first kappa shape index (κ1) is 19.2. The molecule has 0 spiro atoms. The number of halogens is 1. The van der Waals surface area contributed by atoms with Crippen molar-refractivity contribution in [2.24, 2.45) is 0 Å². The van der Waals surface area contributed by atoms with Gasteiger partial charge in [-0.1, -0.05) is 12.1 Å². The number of imidazole rings is 1. The van der Waals surface area contributed by atoms with Crippen LogP contribution in [0.3, 0.4) is 0 Å². The van der Waals surface area contributed by atoms with Crippen molar-refractivity contribution in [2.45, 2.75) is 12.6 Å². The zero-order valence-corrected chi connectivity index (χ0v) is 18.0. The van der Waals surface area contributed by atoms with Crippen molar-refractivity contribution >= 4 is 44.5 Å². The molecule has 1 aliphatic rings. The second-order valence-corrected chi connectivity index (χ2v) is 8.28. The number of nitrogens with zero attached hydrogens (tertiary/aromatic N) is 7. The van der Waals surface area contributed by atoms with Crippen LogP contribution < -0.4 is 10.2 Å². The van der Waals surface area contributed by atoms with Crippen molar-refractivity contribution in [3.63, 3.8) is 0 Å². The van der Waals surface area contributed by atoms with Crippen molar-refractivity contribution in [2.75, 3.05) is 43.5 Å². The molecule has 0 bridgehead atoms. The zero-order chi connectivity index (χ0) is 20.7. The van der Waals surface area contributed by atoms with Gasteiger partial charge in [0.2, 0.25) is 11.9 Å². The lowest BCUT2D eigenvalue weighted by atomic mass is 10.2. The predicted molar refractivity (Wildman–Crippen MR) is 118 cm³/mol. The lowest BCUT2D eigenvalue weighted by Gasteiger charge is -2.39. The van der Waals surface area contributed by atoms with Gasteiger partial charge in [0.25, 0.3) is 0 Å². The van der Waals surface area contributed by atoms with Crippen LogP contribution in [0.5, 0.6) is 0 Å². The molecule has 0 amide bonds. The number of para-hydroxylation sites is 2. The highest BCUT2D eigenvalue weighted by Gasteiger charge is 2.28. The highest BCUT2D eigenvalue weighted by atomic mass is 79.9. The summed E-state index contributed by atoms with van der Waals surface area (Å²) in [6.07, 6.45) is 1.70. The molecular formula is C19H22BrN9O. The summed E-state index contributed by atoms with van der Waals surface area (Å²) in [5.41, 5.74) is 2.59. The number of fused-ring (bicyclic) bond motifs is 2. The van der Waals surface area contributed by atoms with Crippen molar-refractivity contribution in [3.8, 4) is 0 Å². The number of aromatic nitrogens is 6. The van der Waals surface area contributed by atoms with Gasteiger partial charge < -0.3 is 25.2 Å². The quantitative estimate of drug-likeness (QED) is 0.401. The van der Waals surface area contributed by atoms with E-state index in [1.54, 1.807) is 10.7 Å². The Morgan fingerprint density at radius 2 is 2.10 bits per heavy atom. The lowest BCUT2D eigenvalue weighted by molar-refractivity contribution is 0.189. The van der Waals surface area contributed by atoms with Crippen LogP contribution in [0.2, 0.25) is 0 Å². The van der Waals surface area contributed by atoms with Gasteiger partial charge in [0.1, 0.15) is 5.82 Å². The molecule has 11 heteroatoms. The zero-order valence-electron chi connectivity index (χ0n) is 16.5. The second kappa shape index (κ2) is 7.82. The Labute approximate surface area is 181 Å². The van der Waals surface area contributed by atoms with E-state index in [2.05, 4.69) is 53.2 Å². The first-order valence-electron chi connectivity index (χ1n) is 9.77. The van der Waals surface area contributed by atoms with Crippen molar-refractivity contribution in [3.05, 3.63) is 40.8 Å². The number of anilines is 2. The molecule has 4 aromatic rings. The number of aliphatic hydroxyl groups is 1. The van der Waals surface area contributed by atoms with Crippen molar-refractivity contribution in [1.29, 1.82) is 0 Å². The molecule has 0 saturated carbocycles. The van der Waals surface area contributed by atoms with Gasteiger partial charge in [-0.15, -0.1) is 0 Å². The largest absolute Gasteiger partial charge is 0.394 e. The Kier molecular flexibility index (Phi) is 5.01. The number of aromatic amines is 1. The Morgan fingerprint density at radius 1 is 1.23 bits per heavy atom. The van der Waals surface area contributed by atoms with Crippen LogP contribution in [0.4, 0.5) is 11.9 Å². The Morgan fingerprint density at radius 3 is 2.93 bits per heavy atom. The molecule has 1 aliphatic heterocycles. The number of rotatable bonds is 5. The molecular weight excluding hydrogens is 450 g/mol. The van der Waals surface area contributed by atoms with Gasteiger partial charge in [0, 0.05) is 19.6 Å². The van der Waals surface area contributed by atoms with Gasteiger partial charge in [-0.25, -0.2) is 4.98 Å². The molecule has 1 saturated heterocycles. The minimum absolute atomic E-state index is 0.0427. The van der Waals surface area contributed by atoms with Gasteiger partial charge in [0.05, 0.1) is 40.9 Å². The van der Waals surface area contributed by atoms with Gasteiger partial charge in [-0.05, 0) is 35.1 Å². The SMILES string of the molecule is CN1CCN(c2nc(NCc3nc4ccccc4[nH]3)n3ncc(Br)c3n2)[C@H](CO)C1. The molecule has 0 unspecified atom stereocenters. The van der Waals surface area contributed by atoms with E-state index < -0.39 is 0 Å². The fourth-order valence-electron chi connectivity index (χ4n) is 3.76. The molecule has 0 aliphatic carbocycles. The van der Waals surface area contributed by atoms with Gasteiger partial charge >= 0.3 is 0 Å². The van der Waals surface area contributed by atoms with E-state index in [9.17, 15) is 5.11 Å². The molecule has 4 heterocycles. The normalized spacial score (nSPS) is 17.8. The highest BCUT2D eigenvalue weighted by molar-refractivity contribution is 9.10. The van der Waals surface area contributed by atoms with Crippen LogP contribution in [0.1, 0.15) is 5.82 Å². The van der Waals surface area contributed by atoms with Gasteiger partial charge in [-0.3, -0.25) is 0 Å². The molecule has 3 N–H and O–H groups in total. The molecule has 3 aromatic heterocycles. The van der Waals surface area contributed by atoms with Crippen molar-refractivity contribution < 1.29 is 5.11 Å². The smallest absolute Gasteiger partial charge is 0.231 e. The summed E-state index contributed by atoms with van der Waals surface area (Å²) >= 11 is 3.52. The molecule has 5 rings (SSSR count). The Bertz CT molecular complexity index is 1160. The number of benzene rings is 1. The topological polar surface area (TPSA) is 110 Å². The molecule has 0 radical (unpaired) electrons. The minimum atomic E-state index is -0.0591. The molecule has 1 aromatic carbocycles. The highest BCUT2D eigenvalue weighted by Crippen LogP contribution is 2.24. The molecule has 1 atom stereocenters. The molecule has 1 fully saturated rings. The van der Waals surface area contributed by atoms with Gasteiger partial charge in [0.15, 0.2) is 5.65 Å². The minimum Gasteiger partial charge on any atom is -0.394 e. The summed E-state index contributed by atoms with van der Waals surface area (Å²) in [5.74, 6) is 1.95. The maximum atomic E-state index is 9.88. The van der Waals surface area contributed by atoms with E-state index in [4.69, 9.17) is 9.97 Å². The summed E-state index contributed by atoms with van der Waals surface area (Å²) < 4.78 is 2.45. The van der Waals surface area contributed by atoms with Crippen molar-refractivity contribution in [1.82, 2.24) is 34.4 Å². The average molecular weight is 472 g/mol. The third-order valence-corrected chi connectivity index (χ3v) is 5.88. The number of hydrogen-bond donors (Lipinski definition) is 3.